The van der Waals surface area contributed by atoms with Crippen LogP contribution in [-0.2, 0) is 9.59 Å². The Kier molecular flexibility index (Phi) is 5.55. The van der Waals surface area contributed by atoms with Gasteiger partial charge in [-0.2, -0.15) is 0 Å². The third-order valence-corrected chi connectivity index (χ3v) is 1.66. The van der Waals surface area contributed by atoms with Crippen LogP contribution in [0.25, 0.3) is 0 Å². The molecule has 1 amide bonds. The maximum atomic E-state index is 11.0. The first-order valence-electron chi connectivity index (χ1n) is 4.31. The lowest BCUT2D eigenvalue weighted by Crippen LogP contribution is -2.29. The predicted molar refractivity (Wildman–Crippen MR) is 52.7 cm³/mol. The highest BCUT2D eigenvalue weighted by Crippen LogP contribution is 1.96. The SMILES string of the molecule is CN(C)C(=O)/C=C/CC[C@H](N)C(=O)O. The highest BCUT2D eigenvalue weighted by Gasteiger charge is 2.09. The molecule has 0 aliphatic rings. The molecule has 5 heteroatoms. The molecule has 14 heavy (non-hydrogen) atoms. The average molecular weight is 200 g/mol. The molecule has 0 unspecified atom stereocenters. The van der Waals surface area contributed by atoms with Crippen LogP contribution in [0.4, 0.5) is 0 Å². The lowest BCUT2D eigenvalue weighted by molar-refractivity contribution is -0.138. The van der Waals surface area contributed by atoms with Crippen LogP contribution in [0.3, 0.4) is 0 Å². The van der Waals surface area contributed by atoms with Gasteiger partial charge in [0.1, 0.15) is 6.04 Å². The number of nitrogens with two attached hydrogens (primary N) is 1. The van der Waals surface area contributed by atoms with Crippen LogP contribution < -0.4 is 5.73 Å². The van der Waals surface area contributed by atoms with Crippen LogP contribution in [0.2, 0.25) is 0 Å². The molecule has 5 nitrogen and oxygen atoms in total. The first-order chi connectivity index (χ1) is 6.45. The van der Waals surface area contributed by atoms with Crippen LogP contribution in [0, 0.1) is 0 Å². The fourth-order valence-electron chi connectivity index (χ4n) is 0.732. The zero-order valence-corrected chi connectivity index (χ0v) is 8.43. The van der Waals surface area contributed by atoms with Gasteiger partial charge in [0.05, 0.1) is 0 Å². The highest BCUT2D eigenvalue weighted by molar-refractivity contribution is 5.87. The van der Waals surface area contributed by atoms with Crippen molar-refractivity contribution in [2.75, 3.05) is 14.1 Å². The lowest BCUT2D eigenvalue weighted by atomic mass is 10.1. The van der Waals surface area contributed by atoms with Crippen LogP contribution in [0.5, 0.6) is 0 Å². The van der Waals surface area contributed by atoms with E-state index in [-0.39, 0.29) is 5.91 Å². The van der Waals surface area contributed by atoms with Gasteiger partial charge in [0, 0.05) is 14.1 Å². The van der Waals surface area contributed by atoms with E-state index in [0.29, 0.717) is 12.8 Å². The van der Waals surface area contributed by atoms with Crippen molar-refractivity contribution in [3.05, 3.63) is 12.2 Å². The van der Waals surface area contributed by atoms with E-state index in [4.69, 9.17) is 10.8 Å². The van der Waals surface area contributed by atoms with Gasteiger partial charge in [-0.05, 0) is 18.9 Å². The van der Waals surface area contributed by atoms with E-state index in [0.717, 1.165) is 0 Å². The van der Waals surface area contributed by atoms with Crippen molar-refractivity contribution in [2.45, 2.75) is 18.9 Å². The minimum atomic E-state index is -1.02. The molecule has 0 saturated heterocycles. The smallest absolute Gasteiger partial charge is 0.320 e. The van der Waals surface area contributed by atoms with Gasteiger partial charge >= 0.3 is 5.97 Å². The first-order valence-corrected chi connectivity index (χ1v) is 4.31. The summed E-state index contributed by atoms with van der Waals surface area (Å²) < 4.78 is 0. The number of likely N-dealkylation sites (N-methyl/N-ethyl adjacent to an activating group) is 1. The first kappa shape index (κ1) is 12.6. The second kappa shape index (κ2) is 6.15. The molecule has 0 rings (SSSR count). The van der Waals surface area contributed by atoms with Crippen molar-refractivity contribution in [3.63, 3.8) is 0 Å². The van der Waals surface area contributed by atoms with Crippen LogP contribution in [0.1, 0.15) is 12.8 Å². The van der Waals surface area contributed by atoms with Gasteiger partial charge in [-0.3, -0.25) is 9.59 Å². The Morgan fingerprint density at radius 2 is 2.07 bits per heavy atom. The zero-order chi connectivity index (χ0) is 11.1. The van der Waals surface area contributed by atoms with E-state index in [9.17, 15) is 9.59 Å². The van der Waals surface area contributed by atoms with Crippen molar-refractivity contribution < 1.29 is 14.7 Å². The number of carbonyl (C=O) groups excluding carboxylic acids is 1. The van der Waals surface area contributed by atoms with Gasteiger partial charge in [-0.15, -0.1) is 0 Å². The molecule has 0 radical (unpaired) electrons. The van der Waals surface area contributed by atoms with Gasteiger partial charge in [-0.1, -0.05) is 6.08 Å². The van der Waals surface area contributed by atoms with E-state index in [2.05, 4.69) is 0 Å². The summed E-state index contributed by atoms with van der Waals surface area (Å²) in [6.45, 7) is 0. The summed E-state index contributed by atoms with van der Waals surface area (Å²) in [7, 11) is 3.30. The number of carboxylic acids is 1. The number of allylic oxidation sites excluding steroid dienone is 1. The number of rotatable bonds is 5. The third kappa shape index (κ3) is 5.31. The molecule has 0 aliphatic carbocycles. The largest absolute Gasteiger partial charge is 0.480 e. The van der Waals surface area contributed by atoms with Crippen LogP contribution in [-0.4, -0.2) is 42.0 Å². The Hall–Kier alpha value is -1.36. The summed E-state index contributed by atoms with van der Waals surface area (Å²) in [4.78, 5) is 22.8. The molecule has 0 saturated carbocycles. The van der Waals surface area contributed by atoms with Gasteiger partial charge in [0.15, 0.2) is 0 Å². The maximum Gasteiger partial charge on any atom is 0.320 e. The Balaban J connectivity index is 3.74. The highest BCUT2D eigenvalue weighted by atomic mass is 16.4. The van der Waals surface area contributed by atoms with Crippen molar-refractivity contribution in [3.8, 4) is 0 Å². The number of carbonyl (C=O) groups is 2. The number of hydrogen-bond donors (Lipinski definition) is 2. The molecule has 0 aromatic rings. The number of aliphatic carboxylic acids is 1. The van der Waals surface area contributed by atoms with Crippen molar-refractivity contribution in [1.29, 1.82) is 0 Å². The van der Waals surface area contributed by atoms with Gasteiger partial charge in [0.2, 0.25) is 5.91 Å². The molecule has 1 atom stereocenters. The molecule has 0 aromatic heterocycles. The zero-order valence-electron chi connectivity index (χ0n) is 8.43. The van der Waals surface area contributed by atoms with Crippen molar-refractivity contribution in [1.82, 2.24) is 4.90 Å². The van der Waals surface area contributed by atoms with E-state index < -0.39 is 12.0 Å². The molecular formula is C9H16N2O3. The summed E-state index contributed by atoms with van der Waals surface area (Å²) in [6, 6.07) is -0.853. The number of amides is 1. The Bertz CT molecular complexity index is 236. The molecular weight excluding hydrogens is 184 g/mol. The molecule has 0 fully saturated rings. The molecule has 80 valence electrons. The van der Waals surface area contributed by atoms with Crippen LogP contribution in [0.15, 0.2) is 12.2 Å². The van der Waals surface area contributed by atoms with E-state index >= 15 is 0 Å². The van der Waals surface area contributed by atoms with Gasteiger partial charge in [-0.25, -0.2) is 0 Å². The average Bonchev–Trinajstić information content (AvgIpc) is 2.11. The maximum absolute atomic E-state index is 11.0. The molecule has 0 bridgehead atoms. The molecule has 0 spiro atoms. The normalized spacial score (nSPS) is 12.8. The quantitative estimate of drug-likeness (QED) is 0.603. The fourth-order valence-corrected chi connectivity index (χ4v) is 0.732. The Morgan fingerprint density at radius 3 is 2.50 bits per heavy atom. The lowest BCUT2D eigenvalue weighted by Gasteiger charge is -2.05. The van der Waals surface area contributed by atoms with Gasteiger partial charge < -0.3 is 15.7 Å². The summed E-state index contributed by atoms with van der Waals surface area (Å²) in [6.07, 6.45) is 3.87. The summed E-state index contributed by atoms with van der Waals surface area (Å²) in [5, 5.41) is 8.45. The second-order valence-corrected chi connectivity index (χ2v) is 3.16. The van der Waals surface area contributed by atoms with E-state index in [1.165, 1.54) is 11.0 Å². The van der Waals surface area contributed by atoms with Crippen molar-refractivity contribution >= 4 is 11.9 Å². The Morgan fingerprint density at radius 1 is 1.50 bits per heavy atom. The number of hydrogen-bond acceptors (Lipinski definition) is 3. The fraction of sp³-hybridized carbons (Fsp3) is 0.556. The topological polar surface area (TPSA) is 83.6 Å². The van der Waals surface area contributed by atoms with Crippen molar-refractivity contribution in [2.24, 2.45) is 5.73 Å². The molecule has 0 aliphatic heterocycles. The standard InChI is InChI=1S/C9H16N2O3/c1-11(2)8(12)6-4-3-5-7(10)9(13)14/h4,6-7H,3,5,10H2,1-2H3,(H,13,14)/b6-4+/t7-/m0/s1. The van der Waals surface area contributed by atoms with Gasteiger partial charge in [0.25, 0.3) is 0 Å². The Labute approximate surface area is 83.2 Å². The predicted octanol–water partition coefficient (Wildman–Crippen LogP) is -0.177. The molecule has 0 heterocycles. The van der Waals surface area contributed by atoms with E-state index in [1.54, 1.807) is 20.2 Å². The minimum absolute atomic E-state index is 0.117. The molecule has 0 aromatic carbocycles. The number of nitrogens with zero attached hydrogens (tertiary/aromatic N) is 1. The molecule has 3 N–H and O–H groups in total. The van der Waals surface area contributed by atoms with Crippen LogP contribution >= 0.6 is 0 Å². The number of carboxylic acid groups (broad SMARTS) is 1. The van der Waals surface area contributed by atoms with E-state index in [1.807, 2.05) is 0 Å². The summed E-state index contributed by atoms with van der Waals surface area (Å²) in [5.41, 5.74) is 5.26. The summed E-state index contributed by atoms with van der Waals surface area (Å²) >= 11 is 0. The third-order valence-electron chi connectivity index (χ3n) is 1.66. The summed E-state index contributed by atoms with van der Waals surface area (Å²) in [5.74, 6) is -1.13. The second-order valence-electron chi connectivity index (χ2n) is 3.16. The minimum Gasteiger partial charge on any atom is -0.480 e. The monoisotopic (exact) mass is 200 g/mol.